The first-order valence-electron chi connectivity index (χ1n) is 4.57. The molecule has 4 nitrogen and oxygen atoms in total. The SMILES string of the molecule is COC(CN)C(=O)Nc1ccc(F)c(F)c1.Cl. The molecule has 0 aromatic heterocycles. The highest BCUT2D eigenvalue weighted by Crippen LogP contribution is 2.13. The molecule has 0 aliphatic rings. The molecule has 1 aromatic rings. The van der Waals surface area contributed by atoms with E-state index in [0.717, 1.165) is 12.1 Å². The van der Waals surface area contributed by atoms with Gasteiger partial charge < -0.3 is 15.8 Å². The molecule has 0 aliphatic carbocycles. The van der Waals surface area contributed by atoms with Crippen LogP contribution in [0.4, 0.5) is 14.5 Å². The largest absolute Gasteiger partial charge is 0.370 e. The monoisotopic (exact) mass is 266 g/mol. The summed E-state index contributed by atoms with van der Waals surface area (Å²) in [5.74, 6) is -2.50. The second-order valence-electron chi connectivity index (χ2n) is 3.08. The molecule has 1 rings (SSSR count). The number of halogens is 3. The maximum atomic E-state index is 12.8. The van der Waals surface area contributed by atoms with Gasteiger partial charge in [-0.15, -0.1) is 12.4 Å². The van der Waals surface area contributed by atoms with Crippen LogP contribution in [0.25, 0.3) is 0 Å². The van der Waals surface area contributed by atoms with Crippen LogP contribution in [0.1, 0.15) is 0 Å². The molecule has 0 radical (unpaired) electrons. The lowest BCUT2D eigenvalue weighted by Crippen LogP contribution is -2.35. The van der Waals surface area contributed by atoms with E-state index in [4.69, 9.17) is 10.5 Å². The van der Waals surface area contributed by atoms with E-state index in [9.17, 15) is 13.6 Å². The van der Waals surface area contributed by atoms with E-state index >= 15 is 0 Å². The van der Waals surface area contributed by atoms with Crippen LogP contribution in [0, 0.1) is 11.6 Å². The van der Waals surface area contributed by atoms with Gasteiger partial charge in [0.15, 0.2) is 11.6 Å². The third-order valence-corrected chi connectivity index (χ3v) is 1.98. The highest BCUT2D eigenvalue weighted by Gasteiger charge is 2.16. The Kier molecular flexibility index (Phi) is 6.64. The Hall–Kier alpha value is -1.24. The Bertz CT molecular complexity index is 387. The molecule has 96 valence electrons. The zero-order chi connectivity index (χ0) is 12.1. The first kappa shape index (κ1) is 15.8. The number of hydrogen-bond donors (Lipinski definition) is 2. The van der Waals surface area contributed by atoms with Crippen molar-refractivity contribution in [3.63, 3.8) is 0 Å². The van der Waals surface area contributed by atoms with Crippen LogP contribution in [0.5, 0.6) is 0 Å². The number of methoxy groups -OCH3 is 1. The number of benzene rings is 1. The average Bonchev–Trinajstić information content (AvgIpc) is 2.25. The quantitative estimate of drug-likeness (QED) is 0.863. The standard InChI is InChI=1S/C10H12F2N2O2.ClH/c1-16-9(5-13)10(15)14-6-2-3-7(11)8(12)4-6;/h2-4,9H,5,13H2,1H3,(H,14,15);1H. The predicted octanol–water partition coefficient (Wildman–Crippen LogP) is 1.30. The molecule has 0 heterocycles. The fraction of sp³-hybridized carbons (Fsp3) is 0.300. The normalized spacial score (nSPS) is 11.5. The van der Waals surface area contributed by atoms with Gasteiger partial charge in [-0.25, -0.2) is 8.78 Å². The lowest BCUT2D eigenvalue weighted by atomic mass is 10.2. The van der Waals surface area contributed by atoms with Crippen molar-refractivity contribution in [2.75, 3.05) is 19.0 Å². The Balaban J connectivity index is 0.00000256. The van der Waals surface area contributed by atoms with Crippen molar-refractivity contribution in [2.45, 2.75) is 6.10 Å². The molecule has 3 N–H and O–H groups in total. The van der Waals surface area contributed by atoms with Gasteiger partial charge in [0, 0.05) is 25.4 Å². The summed E-state index contributed by atoms with van der Waals surface area (Å²) in [6, 6.07) is 3.06. The zero-order valence-electron chi connectivity index (χ0n) is 9.07. The van der Waals surface area contributed by atoms with Crippen molar-refractivity contribution in [2.24, 2.45) is 5.73 Å². The van der Waals surface area contributed by atoms with Gasteiger partial charge in [0.1, 0.15) is 6.10 Å². The van der Waals surface area contributed by atoms with E-state index in [1.165, 1.54) is 13.2 Å². The van der Waals surface area contributed by atoms with Crippen molar-refractivity contribution in [3.8, 4) is 0 Å². The fourth-order valence-electron chi connectivity index (χ4n) is 1.11. The van der Waals surface area contributed by atoms with Crippen LogP contribution >= 0.6 is 12.4 Å². The average molecular weight is 267 g/mol. The van der Waals surface area contributed by atoms with Crippen LogP contribution in [0.3, 0.4) is 0 Å². The molecule has 1 unspecified atom stereocenters. The third kappa shape index (κ3) is 4.26. The van der Waals surface area contributed by atoms with Gasteiger partial charge in [-0.2, -0.15) is 0 Å². The summed E-state index contributed by atoms with van der Waals surface area (Å²) in [6.45, 7) is 0.00596. The van der Waals surface area contributed by atoms with Crippen LogP contribution < -0.4 is 11.1 Å². The molecule has 0 spiro atoms. The van der Waals surface area contributed by atoms with Gasteiger partial charge in [-0.1, -0.05) is 0 Å². The minimum absolute atomic E-state index is 0. The fourth-order valence-corrected chi connectivity index (χ4v) is 1.11. The van der Waals surface area contributed by atoms with Gasteiger partial charge in [0.2, 0.25) is 0 Å². The topological polar surface area (TPSA) is 64.3 Å². The van der Waals surface area contributed by atoms with Crippen molar-refractivity contribution >= 4 is 24.0 Å². The smallest absolute Gasteiger partial charge is 0.254 e. The molecular weight excluding hydrogens is 254 g/mol. The molecule has 0 aliphatic heterocycles. The number of carbonyl (C=O) groups excluding carboxylic acids is 1. The van der Waals surface area contributed by atoms with Crippen LogP contribution in [-0.4, -0.2) is 25.7 Å². The molecule has 1 amide bonds. The van der Waals surface area contributed by atoms with Crippen molar-refractivity contribution in [1.29, 1.82) is 0 Å². The molecular formula is C10H13ClF2N2O2. The maximum Gasteiger partial charge on any atom is 0.254 e. The molecule has 1 aromatic carbocycles. The summed E-state index contributed by atoms with van der Waals surface area (Å²) >= 11 is 0. The second kappa shape index (κ2) is 7.16. The van der Waals surface area contributed by atoms with E-state index in [1.807, 2.05) is 0 Å². The Morgan fingerprint density at radius 1 is 1.47 bits per heavy atom. The number of amides is 1. The molecule has 17 heavy (non-hydrogen) atoms. The summed E-state index contributed by atoms with van der Waals surface area (Å²) in [5, 5.41) is 2.36. The summed E-state index contributed by atoms with van der Waals surface area (Å²) in [7, 11) is 1.34. The minimum atomic E-state index is -1.03. The third-order valence-electron chi connectivity index (χ3n) is 1.98. The molecule has 0 saturated carbocycles. The van der Waals surface area contributed by atoms with E-state index in [2.05, 4.69) is 5.32 Å². The maximum absolute atomic E-state index is 12.8. The number of nitrogens with two attached hydrogens (primary N) is 1. The minimum Gasteiger partial charge on any atom is -0.370 e. The number of ether oxygens (including phenoxy) is 1. The van der Waals surface area contributed by atoms with Gasteiger partial charge >= 0.3 is 0 Å². The van der Waals surface area contributed by atoms with Crippen molar-refractivity contribution < 1.29 is 18.3 Å². The Morgan fingerprint density at radius 3 is 2.59 bits per heavy atom. The summed E-state index contributed by atoms with van der Waals surface area (Å²) in [6.07, 6.45) is -0.812. The summed E-state index contributed by atoms with van der Waals surface area (Å²) < 4.78 is 30.2. The van der Waals surface area contributed by atoms with Gasteiger partial charge in [-0.3, -0.25) is 4.79 Å². The number of nitrogens with one attached hydrogen (secondary N) is 1. The number of rotatable bonds is 4. The van der Waals surface area contributed by atoms with Gasteiger partial charge in [0.05, 0.1) is 0 Å². The van der Waals surface area contributed by atoms with Crippen LogP contribution in [0.15, 0.2) is 18.2 Å². The number of carbonyl (C=O) groups is 1. The molecule has 0 saturated heterocycles. The first-order valence-corrected chi connectivity index (χ1v) is 4.57. The van der Waals surface area contributed by atoms with Crippen LogP contribution in [-0.2, 0) is 9.53 Å². The lowest BCUT2D eigenvalue weighted by molar-refractivity contribution is -0.125. The summed E-state index contributed by atoms with van der Waals surface area (Å²) in [5.41, 5.74) is 5.42. The highest BCUT2D eigenvalue weighted by atomic mass is 35.5. The predicted molar refractivity (Wildman–Crippen MR) is 62.1 cm³/mol. The first-order chi connectivity index (χ1) is 7.58. The van der Waals surface area contributed by atoms with Gasteiger partial charge in [0.25, 0.3) is 5.91 Å². The summed E-state index contributed by atoms with van der Waals surface area (Å²) in [4.78, 5) is 11.4. The lowest BCUT2D eigenvalue weighted by Gasteiger charge is -2.12. The van der Waals surface area contributed by atoms with E-state index in [1.54, 1.807) is 0 Å². The van der Waals surface area contributed by atoms with Crippen molar-refractivity contribution in [3.05, 3.63) is 29.8 Å². The van der Waals surface area contributed by atoms with Crippen LogP contribution in [0.2, 0.25) is 0 Å². The molecule has 0 bridgehead atoms. The molecule has 7 heteroatoms. The van der Waals surface area contributed by atoms with E-state index in [0.29, 0.717) is 0 Å². The highest BCUT2D eigenvalue weighted by molar-refractivity contribution is 5.94. The van der Waals surface area contributed by atoms with Gasteiger partial charge in [-0.05, 0) is 12.1 Å². The molecule has 0 fully saturated rings. The molecule has 1 atom stereocenters. The van der Waals surface area contributed by atoms with E-state index < -0.39 is 23.6 Å². The van der Waals surface area contributed by atoms with Crippen molar-refractivity contribution in [1.82, 2.24) is 0 Å². The number of anilines is 1. The number of hydrogen-bond acceptors (Lipinski definition) is 3. The Morgan fingerprint density at radius 2 is 2.12 bits per heavy atom. The zero-order valence-corrected chi connectivity index (χ0v) is 9.89. The van der Waals surface area contributed by atoms with E-state index in [-0.39, 0.29) is 24.6 Å². The second-order valence-corrected chi connectivity index (χ2v) is 3.08. The Labute approximate surface area is 104 Å².